The highest BCUT2D eigenvalue weighted by molar-refractivity contribution is 7.89. The van der Waals surface area contributed by atoms with Gasteiger partial charge in [0.05, 0.1) is 13.2 Å². The number of ether oxygens (including phenoxy) is 2. The van der Waals surface area contributed by atoms with Gasteiger partial charge in [0.2, 0.25) is 10.0 Å². The Bertz CT molecular complexity index is 572. The van der Waals surface area contributed by atoms with Crippen molar-refractivity contribution >= 4 is 10.0 Å². The number of sulfonamides is 1. The van der Waals surface area contributed by atoms with E-state index in [0.29, 0.717) is 5.56 Å². The first-order valence-electron chi connectivity index (χ1n) is 6.00. The molecule has 0 aromatic heterocycles. The molecular weight excluding hydrogens is 311 g/mol. The van der Waals surface area contributed by atoms with E-state index in [4.69, 9.17) is 9.88 Å². The van der Waals surface area contributed by atoms with Crippen LogP contribution in [0.4, 0.5) is 13.2 Å². The second-order valence-electron chi connectivity index (χ2n) is 4.36. The van der Waals surface area contributed by atoms with Crippen molar-refractivity contribution in [3.63, 3.8) is 0 Å². The minimum Gasteiger partial charge on any atom is -0.492 e. The highest BCUT2D eigenvalue weighted by Gasteiger charge is 2.27. The van der Waals surface area contributed by atoms with E-state index in [0.717, 1.165) is 0 Å². The van der Waals surface area contributed by atoms with Crippen molar-refractivity contribution in [1.29, 1.82) is 0 Å². The Balaban J connectivity index is 2.50. The van der Waals surface area contributed by atoms with Gasteiger partial charge >= 0.3 is 6.18 Å². The molecule has 21 heavy (non-hydrogen) atoms. The molecule has 0 atom stereocenters. The smallest absolute Gasteiger partial charge is 0.411 e. The fraction of sp³-hybridized carbons (Fsp3) is 0.500. The van der Waals surface area contributed by atoms with Gasteiger partial charge in [-0.25, -0.2) is 13.6 Å². The maximum Gasteiger partial charge on any atom is 0.411 e. The number of benzene rings is 1. The number of nitrogens with two attached hydrogens (primary N) is 1. The lowest BCUT2D eigenvalue weighted by Gasteiger charge is -2.11. The molecule has 0 aliphatic rings. The first-order chi connectivity index (χ1) is 9.59. The first kappa shape index (κ1) is 17.7. The summed E-state index contributed by atoms with van der Waals surface area (Å²) in [4.78, 5) is -0.154. The molecule has 9 heteroatoms. The third-order valence-corrected chi connectivity index (χ3v) is 3.29. The summed E-state index contributed by atoms with van der Waals surface area (Å²) in [5.74, 6) is 0.0684. The summed E-state index contributed by atoms with van der Waals surface area (Å²) < 4.78 is 67.9. The second-order valence-corrected chi connectivity index (χ2v) is 5.89. The van der Waals surface area contributed by atoms with Gasteiger partial charge in [-0.2, -0.15) is 13.2 Å². The molecule has 2 N–H and O–H groups in total. The Labute approximate surface area is 120 Å². The number of alkyl halides is 3. The first-order valence-corrected chi connectivity index (χ1v) is 7.55. The predicted molar refractivity (Wildman–Crippen MR) is 69.5 cm³/mol. The van der Waals surface area contributed by atoms with Crippen LogP contribution < -0.4 is 9.88 Å². The fourth-order valence-electron chi connectivity index (χ4n) is 1.49. The quantitative estimate of drug-likeness (QED) is 0.777. The van der Waals surface area contributed by atoms with E-state index in [1.165, 1.54) is 12.1 Å². The number of hydrogen-bond acceptors (Lipinski definition) is 4. The van der Waals surface area contributed by atoms with Crippen LogP contribution in [-0.4, -0.2) is 34.4 Å². The molecule has 0 aliphatic heterocycles. The highest BCUT2D eigenvalue weighted by atomic mass is 32.2. The summed E-state index contributed by atoms with van der Waals surface area (Å²) in [6.45, 7) is 0.253. The third-order valence-electron chi connectivity index (χ3n) is 2.36. The average molecular weight is 327 g/mol. The van der Waals surface area contributed by atoms with Crippen molar-refractivity contribution in [1.82, 2.24) is 0 Å². The molecule has 0 aliphatic carbocycles. The van der Waals surface area contributed by atoms with Crippen LogP contribution in [0.2, 0.25) is 0 Å². The zero-order valence-corrected chi connectivity index (χ0v) is 12.1. The molecule has 5 nitrogen and oxygen atoms in total. The zero-order chi connectivity index (χ0) is 16.1. The van der Waals surface area contributed by atoms with Crippen LogP contribution in [0, 0.1) is 6.92 Å². The number of primary sulfonamides is 1. The Hall–Kier alpha value is -1.32. The molecule has 0 radical (unpaired) electrons. The van der Waals surface area contributed by atoms with Gasteiger partial charge in [0.15, 0.2) is 0 Å². The summed E-state index contributed by atoms with van der Waals surface area (Å²) in [5, 5.41) is 5.07. The molecule has 0 unspecified atom stereocenters. The molecule has 0 heterocycles. The predicted octanol–water partition coefficient (Wildman–Crippen LogP) is 1.99. The van der Waals surface area contributed by atoms with Crippen molar-refractivity contribution in [2.45, 2.75) is 24.4 Å². The van der Waals surface area contributed by atoms with Gasteiger partial charge in [0, 0.05) is 6.42 Å². The lowest BCUT2D eigenvalue weighted by Crippen LogP contribution is -2.18. The lowest BCUT2D eigenvalue weighted by atomic mass is 10.2. The number of rotatable bonds is 7. The number of hydrogen-bond donors (Lipinski definition) is 1. The van der Waals surface area contributed by atoms with Crippen LogP contribution in [0.5, 0.6) is 5.75 Å². The monoisotopic (exact) mass is 327 g/mol. The molecular formula is C12H16F3NO4S. The Morgan fingerprint density at radius 2 is 1.90 bits per heavy atom. The summed E-state index contributed by atoms with van der Waals surface area (Å²) in [7, 11) is -3.93. The third kappa shape index (κ3) is 6.78. The molecule has 0 amide bonds. The van der Waals surface area contributed by atoms with Crippen molar-refractivity contribution < 1.29 is 31.1 Å². The summed E-state index contributed by atoms with van der Waals surface area (Å²) >= 11 is 0. The largest absolute Gasteiger partial charge is 0.492 e. The van der Waals surface area contributed by atoms with Gasteiger partial charge < -0.3 is 9.47 Å². The van der Waals surface area contributed by atoms with Crippen LogP contribution in [-0.2, 0) is 14.8 Å². The molecule has 1 aromatic rings. The van der Waals surface area contributed by atoms with Crippen molar-refractivity contribution in [3.8, 4) is 5.75 Å². The fourth-order valence-corrected chi connectivity index (χ4v) is 2.25. The molecule has 0 bridgehead atoms. The standard InChI is InChI=1S/C12H16F3NO4S/c1-9-3-4-10(11(7-9)21(16,17)18)20-6-2-5-19-8-12(13,14)15/h3-4,7H,2,5-6,8H2,1H3,(H2,16,17,18). The van der Waals surface area contributed by atoms with E-state index in [9.17, 15) is 21.6 Å². The number of halogens is 3. The maximum atomic E-state index is 11.8. The summed E-state index contributed by atoms with van der Waals surface area (Å²) in [6, 6.07) is 4.46. The van der Waals surface area contributed by atoms with Crippen LogP contribution in [0.15, 0.2) is 23.1 Å². The minimum atomic E-state index is -4.36. The van der Waals surface area contributed by atoms with E-state index < -0.39 is 22.8 Å². The normalized spacial score (nSPS) is 12.4. The van der Waals surface area contributed by atoms with E-state index in [2.05, 4.69) is 4.74 Å². The molecule has 0 saturated carbocycles. The molecule has 1 aromatic carbocycles. The maximum absolute atomic E-state index is 11.8. The lowest BCUT2D eigenvalue weighted by molar-refractivity contribution is -0.174. The highest BCUT2D eigenvalue weighted by Crippen LogP contribution is 2.24. The Morgan fingerprint density at radius 3 is 2.48 bits per heavy atom. The molecule has 0 fully saturated rings. The van der Waals surface area contributed by atoms with Gasteiger partial charge in [-0.3, -0.25) is 0 Å². The SMILES string of the molecule is Cc1ccc(OCCCOCC(F)(F)F)c(S(N)(=O)=O)c1. The van der Waals surface area contributed by atoms with Crippen LogP contribution >= 0.6 is 0 Å². The van der Waals surface area contributed by atoms with Crippen LogP contribution in [0.25, 0.3) is 0 Å². The second kappa shape index (κ2) is 7.10. The van der Waals surface area contributed by atoms with E-state index in [1.807, 2.05) is 0 Å². The Kier molecular flexibility index (Phi) is 5.99. The van der Waals surface area contributed by atoms with Gasteiger partial charge in [0.25, 0.3) is 0 Å². The van der Waals surface area contributed by atoms with Gasteiger partial charge in [-0.15, -0.1) is 0 Å². The Morgan fingerprint density at radius 1 is 1.24 bits per heavy atom. The van der Waals surface area contributed by atoms with Crippen LogP contribution in [0.3, 0.4) is 0 Å². The molecule has 1 rings (SSSR count). The summed E-state index contributed by atoms with van der Waals surface area (Å²) in [5.41, 5.74) is 0.694. The van der Waals surface area contributed by atoms with Crippen molar-refractivity contribution in [2.24, 2.45) is 5.14 Å². The average Bonchev–Trinajstić information content (AvgIpc) is 2.32. The van der Waals surface area contributed by atoms with E-state index >= 15 is 0 Å². The van der Waals surface area contributed by atoms with Crippen molar-refractivity contribution in [3.05, 3.63) is 23.8 Å². The van der Waals surface area contributed by atoms with E-state index in [-0.39, 0.29) is 30.3 Å². The van der Waals surface area contributed by atoms with Gasteiger partial charge in [0.1, 0.15) is 17.3 Å². The topological polar surface area (TPSA) is 78.6 Å². The minimum absolute atomic E-state index is 0.0173. The van der Waals surface area contributed by atoms with E-state index in [1.54, 1.807) is 13.0 Å². The van der Waals surface area contributed by atoms with Crippen LogP contribution in [0.1, 0.15) is 12.0 Å². The van der Waals surface area contributed by atoms with Gasteiger partial charge in [-0.05, 0) is 24.6 Å². The number of aryl methyl sites for hydroxylation is 1. The molecule has 0 spiro atoms. The van der Waals surface area contributed by atoms with Gasteiger partial charge in [-0.1, -0.05) is 6.07 Å². The molecule has 0 saturated heterocycles. The zero-order valence-electron chi connectivity index (χ0n) is 11.3. The summed E-state index contributed by atoms with van der Waals surface area (Å²) in [6.07, 6.45) is -4.17. The van der Waals surface area contributed by atoms with Crippen molar-refractivity contribution in [2.75, 3.05) is 19.8 Å². The molecule has 120 valence electrons.